The van der Waals surface area contributed by atoms with E-state index in [1.54, 1.807) is 13.4 Å². The first kappa shape index (κ1) is 14.7. The summed E-state index contributed by atoms with van der Waals surface area (Å²) in [5.74, 6) is 1.82. The predicted molar refractivity (Wildman–Crippen MR) is 84.4 cm³/mol. The molecule has 0 aliphatic carbocycles. The molecule has 1 aromatic heterocycles. The Morgan fingerprint density at radius 2 is 1.89 bits per heavy atom. The van der Waals surface area contributed by atoms with Crippen LogP contribution in [0.4, 0.5) is 0 Å². The Morgan fingerprint density at radius 3 is 2.42 bits per heavy atom. The molecule has 0 aliphatic heterocycles. The Hall–Kier alpha value is -0.740. The first-order valence-corrected chi connectivity index (χ1v) is 7.69. The van der Waals surface area contributed by atoms with Crippen LogP contribution in [0.3, 0.4) is 0 Å². The number of halogens is 2. The topological polar surface area (TPSA) is 22.4 Å². The molecular weight excluding hydrogens is 372 g/mol. The van der Waals surface area contributed by atoms with Crippen LogP contribution in [0.1, 0.15) is 32.8 Å². The van der Waals surface area contributed by atoms with Crippen molar-refractivity contribution in [2.45, 2.75) is 25.6 Å². The zero-order valence-electron chi connectivity index (χ0n) is 11.4. The van der Waals surface area contributed by atoms with Crippen LogP contribution in [-0.4, -0.2) is 7.11 Å². The van der Waals surface area contributed by atoms with Gasteiger partial charge in [-0.3, -0.25) is 0 Å². The SMILES string of the molecule is COc1c(C)cc(Br)c(C)c1C(Br)c1coc(C)c1. The molecule has 2 nitrogen and oxygen atoms in total. The van der Waals surface area contributed by atoms with Gasteiger partial charge in [0, 0.05) is 15.6 Å². The lowest BCUT2D eigenvalue weighted by Gasteiger charge is -2.19. The number of hydrogen-bond donors (Lipinski definition) is 0. The highest BCUT2D eigenvalue weighted by atomic mass is 79.9. The molecule has 1 aromatic carbocycles. The van der Waals surface area contributed by atoms with Gasteiger partial charge in [0.05, 0.1) is 18.2 Å². The molecule has 0 amide bonds. The molecule has 1 heterocycles. The van der Waals surface area contributed by atoms with Gasteiger partial charge in [0.25, 0.3) is 0 Å². The summed E-state index contributed by atoms with van der Waals surface area (Å²) in [6.45, 7) is 6.08. The number of methoxy groups -OCH3 is 1. The first-order valence-electron chi connectivity index (χ1n) is 5.98. The molecule has 0 bridgehead atoms. The van der Waals surface area contributed by atoms with Gasteiger partial charge in [-0.25, -0.2) is 0 Å². The van der Waals surface area contributed by atoms with E-state index in [9.17, 15) is 0 Å². The molecule has 2 aromatic rings. The minimum Gasteiger partial charge on any atom is -0.496 e. The molecular formula is C15H16Br2O2. The minimum absolute atomic E-state index is 0.0519. The Labute approximate surface area is 130 Å². The number of hydrogen-bond acceptors (Lipinski definition) is 2. The van der Waals surface area contributed by atoms with E-state index in [1.165, 1.54) is 5.56 Å². The highest BCUT2D eigenvalue weighted by Gasteiger charge is 2.22. The van der Waals surface area contributed by atoms with E-state index < -0.39 is 0 Å². The maximum atomic E-state index is 5.58. The lowest BCUT2D eigenvalue weighted by atomic mass is 9.98. The zero-order chi connectivity index (χ0) is 14.2. The van der Waals surface area contributed by atoms with Crippen molar-refractivity contribution >= 4 is 31.9 Å². The molecule has 2 rings (SSSR count). The summed E-state index contributed by atoms with van der Waals surface area (Å²) in [6, 6.07) is 4.12. The molecule has 1 atom stereocenters. The van der Waals surface area contributed by atoms with Crippen molar-refractivity contribution < 1.29 is 9.15 Å². The van der Waals surface area contributed by atoms with Gasteiger partial charge in [0.15, 0.2) is 0 Å². The van der Waals surface area contributed by atoms with Gasteiger partial charge in [-0.05, 0) is 44.0 Å². The molecule has 1 unspecified atom stereocenters. The third-order valence-electron chi connectivity index (χ3n) is 3.21. The second-order valence-corrected chi connectivity index (χ2v) is 6.37. The third kappa shape index (κ3) is 2.75. The molecule has 0 radical (unpaired) electrons. The Bertz CT molecular complexity index is 602. The Kier molecular flexibility index (Phi) is 4.41. The van der Waals surface area contributed by atoms with Gasteiger partial charge in [0.2, 0.25) is 0 Å². The summed E-state index contributed by atoms with van der Waals surface area (Å²) < 4.78 is 12.1. The van der Waals surface area contributed by atoms with Crippen molar-refractivity contribution in [3.63, 3.8) is 0 Å². The standard InChI is InChI=1S/C15H16Br2O2/c1-8-5-12(16)10(3)13(15(8)18-4)14(17)11-6-9(2)19-7-11/h5-7,14H,1-4H3. The van der Waals surface area contributed by atoms with Gasteiger partial charge in [-0.15, -0.1) is 0 Å². The fourth-order valence-electron chi connectivity index (χ4n) is 2.21. The molecule has 0 fully saturated rings. The number of benzene rings is 1. The molecule has 0 saturated carbocycles. The number of furan rings is 1. The van der Waals surface area contributed by atoms with Gasteiger partial charge in [0.1, 0.15) is 11.5 Å². The lowest BCUT2D eigenvalue weighted by molar-refractivity contribution is 0.406. The largest absolute Gasteiger partial charge is 0.496 e. The second kappa shape index (κ2) is 5.71. The molecule has 4 heteroatoms. The van der Waals surface area contributed by atoms with E-state index in [0.717, 1.165) is 32.7 Å². The van der Waals surface area contributed by atoms with E-state index in [4.69, 9.17) is 9.15 Å². The summed E-state index contributed by atoms with van der Waals surface area (Å²) in [7, 11) is 1.71. The molecule has 19 heavy (non-hydrogen) atoms. The molecule has 0 saturated heterocycles. The number of ether oxygens (including phenoxy) is 1. The van der Waals surface area contributed by atoms with E-state index >= 15 is 0 Å². The van der Waals surface area contributed by atoms with Crippen LogP contribution < -0.4 is 4.74 Å². The summed E-state index contributed by atoms with van der Waals surface area (Å²) in [5.41, 5.74) is 4.51. The van der Waals surface area contributed by atoms with Gasteiger partial charge in [-0.1, -0.05) is 31.9 Å². The maximum Gasteiger partial charge on any atom is 0.126 e. The van der Waals surface area contributed by atoms with Crippen LogP contribution >= 0.6 is 31.9 Å². The van der Waals surface area contributed by atoms with Crippen molar-refractivity contribution in [2.75, 3.05) is 7.11 Å². The molecule has 0 spiro atoms. The monoisotopic (exact) mass is 386 g/mol. The molecule has 0 N–H and O–H groups in total. The van der Waals surface area contributed by atoms with Crippen LogP contribution in [-0.2, 0) is 0 Å². The van der Waals surface area contributed by atoms with Crippen LogP contribution in [0.25, 0.3) is 0 Å². The molecule has 0 aliphatic rings. The Morgan fingerprint density at radius 1 is 1.21 bits per heavy atom. The lowest BCUT2D eigenvalue weighted by Crippen LogP contribution is -2.02. The van der Waals surface area contributed by atoms with Crippen LogP contribution in [0.15, 0.2) is 27.3 Å². The van der Waals surface area contributed by atoms with Crippen molar-refractivity contribution in [3.8, 4) is 5.75 Å². The van der Waals surface area contributed by atoms with Crippen molar-refractivity contribution in [1.29, 1.82) is 0 Å². The highest BCUT2D eigenvalue weighted by molar-refractivity contribution is 9.10. The zero-order valence-corrected chi connectivity index (χ0v) is 14.6. The summed E-state index contributed by atoms with van der Waals surface area (Å²) in [4.78, 5) is 0.0519. The normalized spacial score (nSPS) is 12.5. The summed E-state index contributed by atoms with van der Waals surface area (Å²) >= 11 is 7.36. The third-order valence-corrected chi connectivity index (χ3v) is 5.02. The van der Waals surface area contributed by atoms with Crippen molar-refractivity contribution in [3.05, 3.63) is 50.9 Å². The first-order chi connectivity index (χ1) is 8.95. The Balaban J connectivity index is 2.60. The minimum atomic E-state index is 0.0519. The quantitative estimate of drug-likeness (QED) is 0.652. The van der Waals surface area contributed by atoms with Crippen LogP contribution in [0.5, 0.6) is 5.75 Å². The van der Waals surface area contributed by atoms with E-state index in [-0.39, 0.29) is 4.83 Å². The maximum absolute atomic E-state index is 5.58. The number of alkyl halides is 1. The van der Waals surface area contributed by atoms with Crippen molar-refractivity contribution in [1.82, 2.24) is 0 Å². The van der Waals surface area contributed by atoms with Gasteiger partial charge in [-0.2, -0.15) is 0 Å². The predicted octanol–water partition coefficient (Wildman–Crippen LogP) is 5.46. The van der Waals surface area contributed by atoms with Gasteiger partial charge >= 0.3 is 0 Å². The van der Waals surface area contributed by atoms with E-state index in [0.29, 0.717) is 0 Å². The fourth-order valence-corrected chi connectivity index (χ4v) is 3.56. The number of aryl methyl sites for hydroxylation is 2. The summed E-state index contributed by atoms with van der Waals surface area (Å²) in [5, 5.41) is 0. The van der Waals surface area contributed by atoms with E-state index in [1.807, 2.05) is 19.9 Å². The molecule has 102 valence electrons. The number of rotatable bonds is 3. The van der Waals surface area contributed by atoms with E-state index in [2.05, 4.69) is 44.8 Å². The highest BCUT2D eigenvalue weighted by Crippen LogP contribution is 2.43. The van der Waals surface area contributed by atoms with Crippen LogP contribution in [0, 0.1) is 20.8 Å². The fraction of sp³-hybridized carbons (Fsp3) is 0.333. The second-order valence-electron chi connectivity index (χ2n) is 4.60. The smallest absolute Gasteiger partial charge is 0.126 e. The average Bonchev–Trinajstić information content (AvgIpc) is 2.79. The van der Waals surface area contributed by atoms with Gasteiger partial charge < -0.3 is 9.15 Å². The van der Waals surface area contributed by atoms with Crippen molar-refractivity contribution in [2.24, 2.45) is 0 Å². The summed E-state index contributed by atoms with van der Waals surface area (Å²) in [6.07, 6.45) is 1.78. The average molecular weight is 388 g/mol. The van der Waals surface area contributed by atoms with Crippen LogP contribution in [0.2, 0.25) is 0 Å².